The maximum absolute atomic E-state index is 5.83. The van der Waals surface area contributed by atoms with Gasteiger partial charge in [-0.1, -0.05) is 16.8 Å². The molecule has 1 aromatic heterocycles. The minimum atomic E-state index is 0.310. The van der Waals surface area contributed by atoms with Crippen LogP contribution in [-0.4, -0.2) is 12.3 Å². The van der Waals surface area contributed by atoms with Crippen LogP contribution in [0.15, 0.2) is 59.1 Å². The third-order valence-corrected chi connectivity index (χ3v) is 3.39. The van der Waals surface area contributed by atoms with Crippen LogP contribution in [0.5, 0.6) is 11.5 Å². The summed E-state index contributed by atoms with van der Waals surface area (Å²) in [5.74, 6) is 2.19. The van der Waals surface area contributed by atoms with Crippen molar-refractivity contribution in [2.45, 2.75) is 6.61 Å². The summed E-state index contributed by atoms with van der Waals surface area (Å²) >= 11 is 5.83. The molecule has 3 aromatic rings. The van der Waals surface area contributed by atoms with Crippen molar-refractivity contribution in [1.82, 2.24) is 5.16 Å². The van der Waals surface area contributed by atoms with Crippen molar-refractivity contribution >= 4 is 11.6 Å². The molecule has 4 nitrogen and oxygen atoms in total. The van der Waals surface area contributed by atoms with Crippen LogP contribution >= 0.6 is 11.6 Å². The van der Waals surface area contributed by atoms with E-state index in [0.717, 1.165) is 22.8 Å². The van der Waals surface area contributed by atoms with Gasteiger partial charge in [0.05, 0.1) is 7.11 Å². The van der Waals surface area contributed by atoms with E-state index in [2.05, 4.69) is 5.16 Å². The maximum Gasteiger partial charge on any atom is 0.174 e. The molecule has 0 amide bonds. The third kappa shape index (κ3) is 3.40. The topological polar surface area (TPSA) is 44.5 Å². The first-order valence-corrected chi connectivity index (χ1v) is 7.11. The Balaban J connectivity index is 1.66. The molecule has 0 saturated heterocycles. The van der Waals surface area contributed by atoms with Crippen molar-refractivity contribution in [3.63, 3.8) is 0 Å². The number of ether oxygens (including phenoxy) is 2. The lowest BCUT2D eigenvalue weighted by atomic mass is 10.1. The first-order valence-electron chi connectivity index (χ1n) is 6.73. The average molecular weight is 316 g/mol. The zero-order chi connectivity index (χ0) is 15.4. The summed E-state index contributed by atoms with van der Waals surface area (Å²) in [6.45, 7) is 0.310. The van der Waals surface area contributed by atoms with Gasteiger partial charge in [0.25, 0.3) is 0 Å². The third-order valence-electron chi connectivity index (χ3n) is 3.14. The van der Waals surface area contributed by atoms with Gasteiger partial charge in [-0.3, -0.25) is 0 Å². The Labute approximate surface area is 133 Å². The number of nitrogens with zero attached hydrogens (tertiary/aromatic N) is 1. The van der Waals surface area contributed by atoms with E-state index in [1.807, 2.05) is 42.5 Å². The highest BCUT2D eigenvalue weighted by atomic mass is 35.5. The molecule has 2 aromatic carbocycles. The number of halogens is 1. The molecule has 0 fully saturated rings. The lowest BCUT2D eigenvalue weighted by Crippen LogP contribution is -1.93. The summed E-state index contributed by atoms with van der Waals surface area (Å²) < 4.78 is 16.0. The van der Waals surface area contributed by atoms with Gasteiger partial charge in [-0.15, -0.1) is 0 Å². The second kappa shape index (κ2) is 6.54. The van der Waals surface area contributed by atoms with E-state index < -0.39 is 0 Å². The predicted octanol–water partition coefficient (Wildman–Crippen LogP) is 4.58. The summed E-state index contributed by atoms with van der Waals surface area (Å²) in [4.78, 5) is 0. The summed E-state index contributed by atoms with van der Waals surface area (Å²) in [5.41, 5.74) is 1.72. The normalized spacial score (nSPS) is 10.5. The number of benzene rings is 2. The van der Waals surface area contributed by atoms with Gasteiger partial charge in [-0.05, 0) is 48.5 Å². The number of methoxy groups -OCH3 is 1. The Morgan fingerprint density at radius 1 is 1.00 bits per heavy atom. The largest absolute Gasteiger partial charge is 0.497 e. The lowest BCUT2D eigenvalue weighted by molar-refractivity contribution is 0.249. The van der Waals surface area contributed by atoms with Crippen LogP contribution in [0.2, 0.25) is 5.02 Å². The van der Waals surface area contributed by atoms with Crippen molar-refractivity contribution in [3.8, 4) is 22.8 Å². The molecule has 0 saturated carbocycles. The molecule has 0 aliphatic carbocycles. The van der Waals surface area contributed by atoms with Crippen molar-refractivity contribution < 1.29 is 14.0 Å². The summed E-state index contributed by atoms with van der Waals surface area (Å²) in [6, 6.07) is 16.7. The van der Waals surface area contributed by atoms with E-state index in [1.54, 1.807) is 19.2 Å². The zero-order valence-corrected chi connectivity index (χ0v) is 12.7. The Morgan fingerprint density at radius 3 is 2.36 bits per heavy atom. The molecule has 1 heterocycles. The van der Waals surface area contributed by atoms with E-state index in [1.165, 1.54) is 0 Å². The molecule has 3 rings (SSSR count). The number of hydrogen-bond donors (Lipinski definition) is 0. The van der Waals surface area contributed by atoms with Crippen LogP contribution in [-0.2, 0) is 6.61 Å². The molecule has 0 atom stereocenters. The van der Waals surface area contributed by atoms with Crippen LogP contribution < -0.4 is 9.47 Å². The first-order chi connectivity index (χ1) is 10.7. The van der Waals surface area contributed by atoms with Gasteiger partial charge in [0.1, 0.15) is 23.8 Å². The summed E-state index contributed by atoms with van der Waals surface area (Å²) in [6.07, 6.45) is 0. The Kier molecular flexibility index (Phi) is 4.30. The van der Waals surface area contributed by atoms with Crippen molar-refractivity contribution in [3.05, 3.63) is 65.4 Å². The van der Waals surface area contributed by atoms with Gasteiger partial charge in [0.2, 0.25) is 0 Å². The van der Waals surface area contributed by atoms with Crippen LogP contribution in [0.3, 0.4) is 0 Å². The quantitative estimate of drug-likeness (QED) is 0.691. The fourth-order valence-corrected chi connectivity index (χ4v) is 2.09. The number of rotatable bonds is 5. The summed E-state index contributed by atoms with van der Waals surface area (Å²) in [7, 11) is 1.64. The molecular weight excluding hydrogens is 302 g/mol. The minimum absolute atomic E-state index is 0.310. The average Bonchev–Trinajstić information content (AvgIpc) is 3.03. The van der Waals surface area contributed by atoms with E-state index in [-0.39, 0.29) is 0 Å². The fourth-order valence-electron chi connectivity index (χ4n) is 1.96. The fraction of sp³-hybridized carbons (Fsp3) is 0.118. The van der Waals surface area contributed by atoms with Crippen molar-refractivity contribution in [1.29, 1.82) is 0 Å². The highest BCUT2D eigenvalue weighted by Crippen LogP contribution is 2.23. The summed E-state index contributed by atoms with van der Waals surface area (Å²) in [5, 5.41) is 4.73. The van der Waals surface area contributed by atoms with Gasteiger partial charge >= 0.3 is 0 Å². The molecule has 0 spiro atoms. The van der Waals surface area contributed by atoms with E-state index >= 15 is 0 Å². The van der Waals surface area contributed by atoms with Gasteiger partial charge in [0, 0.05) is 16.7 Å². The molecule has 0 aliphatic heterocycles. The molecule has 0 N–H and O–H groups in total. The second-order valence-electron chi connectivity index (χ2n) is 4.65. The number of aromatic nitrogens is 1. The Hall–Kier alpha value is -2.46. The molecule has 0 aliphatic rings. The Morgan fingerprint density at radius 2 is 1.68 bits per heavy atom. The zero-order valence-electron chi connectivity index (χ0n) is 12.0. The molecule has 112 valence electrons. The predicted molar refractivity (Wildman–Crippen MR) is 84.3 cm³/mol. The van der Waals surface area contributed by atoms with Gasteiger partial charge < -0.3 is 14.0 Å². The van der Waals surface area contributed by atoms with E-state index in [4.69, 9.17) is 25.6 Å². The van der Waals surface area contributed by atoms with Gasteiger partial charge in [-0.2, -0.15) is 0 Å². The smallest absolute Gasteiger partial charge is 0.174 e. The second-order valence-corrected chi connectivity index (χ2v) is 5.09. The van der Waals surface area contributed by atoms with Gasteiger partial charge in [0.15, 0.2) is 5.76 Å². The molecule has 0 unspecified atom stereocenters. The molecule has 0 bridgehead atoms. The highest BCUT2D eigenvalue weighted by molar-refractivity contribution is 6.30. The highest BCUT2D eigenvalue weighted by Gasteiger charge is 2.07. The molecular formula is C17H14ClNO3. The van der Waals surface area contributed by atoms with Crippen LogP contribution in [0, 0.1) is 0 Å². The van der Waals surface area contributed by atoms with E-state index in [9.17, 15) is 0 Å². The van der Waals surface area contributed by atoms with Crippen molar-refractivity contribution in [2.24, 2.45) is 0 Å². The standard InChI is InChI=1S/C17H14ClNO3/c1-20-14-6-2-12(3-7-14)17-10-16(22-19-17)11-21-15-8-4-13(18)5-9-15/h2-10H,11H2,1H3. The maximum atomic E-state index is 5.83. The van der Waals surface area contributed by atoms with Crippen LogP contribution in [0.4, 0.5) is 0 Å². The van der Waals surface area contributed by atoms with Crippen LogP contribution in [0.1, 0.15) is 5.76 Å². The van der Waals surface area contributed by atoms with Crippen LogP contribution in [0.25, 0.3) is 11.3 Å². The SMILES string of the molecule is COc1ccc(-c2cc(COc3ccc(Cl)cc3)on2)cc1. The molecule has 0 radical (unpaired) electrons. The molecule has 22 heavy (non-hydrogen) atoms. The van der Waals surface area contributed by atoms with Crippen molar-refractivity contribution in [2.75, 3.05) is 7.11 Å². The van der Waals surface area contributed by atoms with E-state index in [0.29, 0.717) is 17.4 Å². The van der Waals surface area contributed by atoms with Gasteiger partial charge in [-0.25, -0.2) is 0 Å². The molecule has 5 heteroatoms. The lowest BCUT2D eigenvalue weighted by Gasteiger charge is -2.02. The monoisotopic (exact) mass is 315 g/mol. The number of hydrogen-bond acceptors (Lipinski definition) is 4. The minimum Gasteiger partial charge on any atom is -0.497 e. The first kappa shape index (κ1) is 14.5. The Bertz CT molecular complexity index is 735.